The number of carbonyl (C=O) groups excluding carboxylic acids is 1. The maximum atomic E-state index is 11.7. The molecule has 2 rings (SSSR count). The molecule has 0 aromatic carbocycles. The summed E-state index contributed by atoms with van der Waals surface area (Å²) in [5.41, 5.74) is 0. The van der Waals surface area contributed by atoms with Crippen molar-refractivity contribution in [2.45, 2.75) is 24.9 Å². The molecule has 2 heterocycles. The van der Waals surface area contributed by atoms with Gasteiger partial charge in [-0.2, -0.15) is 0 Å². The summed E-state index contributed by atoms with van der Waals surface area (Å²) in [4.78, 5) is 20.0. The Bertz CT molecular complexity index is 540. The Kier molecular flexibility index (Phi) is 4.51. The number of anilines is 1. The number of carbonyl (C=O) groups is 1. The van der Waals surface area contributed by atoms with Gasteiger partial charge in [-0.15, -0.1) is 5.10 Å². The molecule has 0 fully saturated rings. The minimum atomic E-state index is -0.125. The molecule has 19 heavy (non-hydrogen) atoms. The predicted octanol–water partition coefficient (Wildman–Crippen LogP) is 2.05. The average molecular weight is 277 g/mol. The van der Waals surface area contributed by atoms with Crippen molar-refractivity contribution >= 4 is 23.5 Å². The van der Waals surface area contributed by atoms with Gasteiger partial charge < -0.3 is 5.32 Å². The number of aromatic amines is 1. The fourth-order valence-electron chi connectivity index (χ4n) is 1.33. The number of hydrogen-bond acceptors (Lipinski definition) is 5. The number of rotatable bonds is 5. The van der Waals surface area contributed by atoms with Crippen LogP contribution in [-0.4, -0.2) is 31.8 Å². The van der Waals surface area contributed by atoms with Crippen LogP contribution in [0.5, 0.6) is 0 Å². The summed E-state index contributed by atoms with van der Waals surface area (Å²) in [5, 5.41) is 10.2. The molecular weight excluding hydrogens is 262 g/mol. The number of amides is 1. The Morgan fingerprint density at radius 2 is 2.32 bits per heavy atom. The first-order valence-corrected chi connectivity index (χ1v) is 6.89. The van der Waals surface area contributed by atoms with Crippen LogP contribution in [0.3, 0.4) is 0 Å². The van der Waals surface area contributed by atoms with Crippen molar-refractivity contribution in [3.8, 4) is 0 Å². The molecular formula is C12H15N5OS. The number of hydrogen-bond donors (Lipinski definition) is 2. The second kappa shape index (κ2) is 6.33. The summed E-state index contributed by atoms with van der Waals surface area (Å²) in [6.07, 6.45) is 1.63. The lowest BCUT2D eigenvalue weighted by atomic mass is 10.2. The van der Waals surface area contributed by atoms with Crippen molar-refractivity contribution in [2.24, 2.45) is 0 Å². The van der Waals surface area contributed by atoms with Gasteiger partial charge in [-0.1, -0.05) is 31.7 Å². The molecule has 0 unspecified atom stereocenters. The van der Waals surface area contributed by atoms with E-state index in [0.29, 0.717) is 16.9 Å². The second-order valence-electron chi connectivity index (χ2n) is 4.21. The van der Waals surface area contributed by atoms with E-state index in [2.05, 4.69) is 25.5 Å². The van der Waals surface area contributed by atoms with Crippen molar-refractivity contribution in [2.75, 3.05) is 11.1 Å². The summed E-state index contributed by atoms with van der Waals surface area (Å²) in [5.74, 6) is 1.80. The Labute approximate surface area is 115 Å². The third kappa shape index (κ3) is 4.06. The van der Waals surface area contributed by atoms with Crippen molar-refractivity contribution in [1.82, 2.24) is 20.2 Å². The Morgan fingerprint density at radius 3 is 2.95 bits per heavy atom. The summed E-state index contributed by atoms with van der Waals surface area (Å²) in [6, 6.07) is 5.36. The Balaban J connectivity index is 1.83. The lowest BCUT2D eigenvalue weighted by Crippen LogP contribution is -2.14. The Hall–Kier alpha value is -1.89. The minimum Gasteiger partial charge on any atom is -0.310 e. The highest BCUT2D eigenvalue weighted by Crippen LogP contribution is 2.16. The number of aromatic nitrogens is 4. The molecule has 0 bridgehead atoms. The Morgan fingerprint density at radius 1 is 1.47 bits per heavy atom. The van der Waals surface area contributed by atoms with Crippen LogP contribution in [-0.2, 0) is 4.79 Å². The van der Waals surface area contributed by atoms with Crippen LogP contribution in [0.2, 0.25) is 0 Å². The van der Waals surface area contributed by atoms with Gasteiger partial charge in [0.1, 0.15) is 11.6 Å². The number of H-pyrrole nitrogens is 1. The number of thioether (sulfide) groups is 1. The van der Waals surface area contributed by atoms with Crippen molar-refractivity contribution in [1.29, 1.82) is 0 Å². The van der Waals surface area contributed by atoms with Gasteiger partial charge in [0.15, 0.2) is 0 Å². The molecule has 0 aliphatic carbocycles. The van der Waals surface area contributed by atoms with Crippen LogP contribution in [0.15, 0.2) is 29.6 Å². The van der Waals surface area contributed by atoms with Crippen LogP contribution in [0.4, 0.5) is 5.82 Å². The molecule has 2 aromatic heterocycles. The maximum Gasteiger partial charge on any atom is 0.236 e. The van der Waals surface area contributed by atoms with E-state index >= 15 is 0 Å². The molecule has 7 heteroatoms. The molecule has 2 N–H and O–H groups in total. The van der Waals surface area contributed by atoms with Gasteiger partial charge >= 0.3 is 0 Å². The summed E-state index contributed by atoms with van der Waals surface area (Å²) in [7, 11) is 0. The van der Waals surface area contributed by atoms with E-state index in [4.69, 9.17) is 0 Å². The van der Waals surface area contributed by atoms with Gasteiger partial charge in [0, 0.05) is 12.1 Å². The zero-order valence-electron chi connectivity index (χ0n) is 10.8. The average Bonchev–Trinajstić information content (AvgIpc) is 2.86. The van der Waals surface area contributed by atoms with Crippen LogP contribution >= 0.6 is 11.8 Å². The number of pyridine rings is 1. The van der Waals surface area contributed by atoms with E-state index in [9.17, 15) is 4.79 Å². The molecule has 0 aliphatic rings. The zero-order valence-corrected chi connectivity index (χ0v) is 11.6. The van der Waals surface area contributed by atoms with E-state index in [0.717, 1.165) is 5.82 Å². The van der Waals surface area contributed by atoms with Crippen LogP contribution in [0.25, 0.3) is 0 Å². The third-order valence-electron chi connectivity index (χ3n) is 2.29. The number of nitrogens with one attached hydrogen (secondary N) is 2. The third-order valence-corrected chi connectivity index (χ3v) is 3.14. The zero-order chi connectivity index (χ0) is 13.7. The highest BCUT2D eigenvalue weighted by molar-refractivity contribution is 7.99. The molecule has 0 aliphatic heterocycles. The molecule has 1 amide bonds. The van der Waals surface area contributed by atoms with Gasteiger partial charge in [0.2, 0.25) is 11.1 Å². The van der Waals surface area contributed by atoms with Crippen LogP contribution in [0, 0.1) is 0 Å². The lowest BCUT2D eigenvalue weighted by molar-refractivity contribution is -0.113. The first-order chi connectivity index (χ1) is 9.15. The fourth-order valence-corrected chi connectivity index (χ4v) is 1.93. The van der Waals surface area contributed by atoms with Crippen LogP contribution < -0.4 is 5.32 Å². The minimum absolute atomic E-state index is 0.125. The highest BCUT2D eigenvalue weighted by Gasteiger charge is 2.09. The van der Waals surface area contributed by atoms with Crippen molar-refractivity contribution in [3.63, 3.8) is 0 Å². The largest absolute Gasteiger partial charge is 0.310 e. The van der Waals surface area contributed by atoms with E-state index in [1.54, 1.807) is 18.3 Å². The standard InChI is InChI=1S/C12H15N5OS/c1-8(2)11-15-12(17-16-11)19-7-10(18)14-9-5-3-4-6-13-9/h3-6,8H,7H2,1-2H3,(H,13,14,18)(H,15,16,17). The topological polar surface area (TPSA) is 83.6 Å². The SMILES string of the molecule is CC(C)c1nc(SCC(=O)Nc2ccccn2)n[nH]1. The van der Waals surface area contributed by atoms with Gasteiger partial charge in [-0.05, 0) is 12.1 Å². The molecule has 0 radical (unpaired) electrons. The molecule has 0 saturated heterocycles. The van der Waals surface area contributed by atoms with Crippen molar-refractivity contribution in [3.05, 3.63) is 30.2 Å². The van der Waals surface area contributed by atoms with Gasteiger partial charge in [0.05, 0.1) is 5.75 Å². The van der Waals surface area contributed by atoms with E-state index in [1.165, 1.54) is 11.8 Å². The van der Waals surface area contributed by atoms with Crippen molar-refractivity contribution < 1.29 is 4.79 Å². The summed E-state index contributed by atoms with van der Waals surface area (Å²) in [6.45, 7) is 4.06. The van der Waals surface area contributed by atoms with E-state index in [-0.39, 0.29) is 11.7 Å². The lowest BCUT2D eigenvalue weighted by Gasteiger charge is -2.01. The molecule has 0 atom stereocenters. The maximum absolute atomic E-state index is 11.7. The summed E-state index contributed by atoms with van der Waals surface area (Å²) >= 11 is 1.29. The van der Waals surface area contributed by atoms with Gasteiger partial charge in [-0.25, -0.2) is 9.97 Å². The van der Waals surface area contributed by atoms with Crippen LogP contribution in [0.1, 0.15) is 25.6 Å². The molecule has 0 saturated carbocycles. The molecule has 0 spiro atoms. The predicted molar refractivity (Wildman–Crippen MR) is 74.1 cm³/mol. The smallest absolute Gasteiger partial charge is 0.236 e. The molecule has 100 valence electrons. The van der Waals surface area contributed by atoms with Gasteiger partial charge in [-0.3, -0.25) is 9.89 Å². The first-order valence-electron chi connectivity index (χ1n) is 5.91. The quantitative estimate of drug-likeness (QED) is 0.817. The molecule has 6 nitrogen and oxygen atoms in total. The molecule has 2 aromatic rings. The first kappa shape index (κ1) is 13.5. The second-order valence-corrected chi connectivity index (χ2v) is 5.15. The fraction of sp³-hybridized carbons (Fsp3) is 0.333. The van der Waals surface area contributed by atoms with E-state index in [1.807, 2.05) is 19.9 Å². The monoisotopic (exact) mass is 277 g/mol. The number of nitrogens with zero attached hydrogens (tertiary/aromatic N) is 3. The van der Waals surface area contributed by atoms with Gasteiger partial charge in [0.25, 0.3) is 0 Å². The highest BCUT2D eigenvalue weighted by atomic mass is 32.2. The summed E-state index contributed by atoms with van der Waals surface area (Å²) < 4.78 is 0. The van der Waals surface area contributed by atoms with E-state index < -0.39 is 0 Å². The normalized spacial score (nSPS) is 10.7.